The summed E-state index contributed by atoms with van der Waals surface area (Å²) in [6, 6.07) is 6.96. The Bertz CT molecular complexity index is 556. The molecular weight excluding hydrogens is 278 g/mol. The van der Waals surface area contributed by atoms with Gasteiger partial charge in [0.05, 0.1) is 0 Å². The smallest absolute Gasteiger partial charge is 0.248 e. The third-order valence-electron chi connectivity index (χ3n) is 5.22. The summed E-state index contributed by atoms with van der Waals surface area (Å²) in [7, 11) is 0. The van der Waals surface area contributed by atoms with Gasteiger partial charge in [-0.25, -0.2) is 0 Å². The minimum atomic E-state index is -0.466. The summed E-state index contributed by atoms with van der Waals surface area (Å²) in [5.41, 5.74) is 12.6. The van der Waals surface area contributed by atoms with E-state index in [1.54, 1.807) is 24.3 Å². The predicted octanol–water partition coefficient (Wildman–Crippen LogP) is 1.88. The first-order valence-electron chi connectivity index (χ1n) is 8.01. The molecule has 2 atom stereocenters. The standard InChI is InChI=1S/C17H23N3O2/c18-15-11-2-1-3-12(15)9-13(8-11)17(22)20-14-6-4-10(5-7-14)16(19)21/h4-7,11-13,15H,1-3,8-9,18H2,(H2,19,21)(H,20,22). The average molecular weight is 301 g/mol. The van der Waals surface area contributed by atoms with E-state index in [4.69, 9.17) is 11.5 Å². The molecule has 2 unspecified atom stereocenters. The van der Waals surface area contributed by atoms with Gasteiger partial charge in [0.15, 0.2) is 0 Å². The van der Waals surface area contributed by atoms with Crippen LogP contribution in [0.2, 0.25) is 0 Å². The zero-order valence-corrected chi connectivity index (χ0v) is 12.6. The topological polar surface area (TPSA) is 98.2 Å². The number of fused-ring (bicyclic) bond motifs is 2. The number of nitrogens with one attached hydrogen (secondary N) is 1. The Morgan fingerprint density at radius 2 is 1.64 bits per heavy atom. The van der Waals surface area contributed by atoms with Crippen molar-refractivity contribution in [3.63, 3.8) is 0 Å². The van der Waals surface area contributed by atoms with Crippen molar-refractivity contribution < 1.29 is 9.59 Å². The van der Waals surface area contributed by atoms with Gasteiger partial charge >= 0.3 is 0 Å². The fourth-order valence-corrected chi connectivity index (χ4v) is 3.97. The Hall–Kier alpha value is -1.88. The quantitative estimate of drug-likeness (QED) is 0.795. The molecule has 0 aromatic heterocycles. The van der Waals surface area contributed by atoms with Gasteiger partial charge in [-0.1, -0.05) is 6.42 Å². The van der Waals surface area contributed by atoms with Crippen LogP contribution < -0.4 is 16.8 Å². The van der Waals surface area contributed by atoms with Crippen LogP contribution in [0.15, 0.2) is 24.3 Å². The van der Waals surface area contributed by atoms with Gasteiger partial charge in [-0.2, -0.15) is 0 Å². The summed E-state index contributed by atoms with van der Waals surface area (Å²) in [5, 5.41) is 2.95. The monoisotopic (exact) mass is 301 g/mol. The number of carbonyl (C=O) groups is 2. The van der Waals surface area contributed by atoms with Gasteiger partial charge < -0.3 is 16.8 Å². The van der Waals surface area contributed by atoms with Gasteiger partial charge in [0.2, 0.25) is 11.8 Å². The van der Waals surface area contributed by atoms with E-state index in [1.165, 1.54) is 6.42 Å². The molecule has 2 aliphatic carbocycles. The predicted molar refractivity (Wildman–Crippen MR) is 85.1 cm³/mol. The van der Waals surface area contributed by atoms with E-state index in [9.17, 15) is 9.59 Å². The molecule has 118 valence electrons. The zero-order chi connectivity index (χ0) is 15.7. The third kappa shape index (κ3) is 2.99. The molecule has 2 amide bonds. The third-order valence-corrected chi connectivity index (χ3v) is 5.22. The molecule has 2 bridgehead atoms. The van der Waals surface area contributed by atoms with Crippen molar-refractivity contribution >= 4 is 17.5 Å². The van der Waals surface area contributed by atoms with Gasteiger partial charge in [-0.05, 0) is 61.8 Å². The molecule has 1 aromatic rings. The molecule has 5 N–H and O–H groups in total. The van der Waals surface area contributed by atoms with Crippen molar-refractivity contribution in [3.8, 4) is 0 Å². The Kier molecular flexibility index (Phi) is 4.16. The summed E-state index contributed by atoms with van der Waals surface area (Å²) in [6.45, 7) is 0. The van der Waals surface area contributed by atoms with E-state index >= 15 is 0 Å². The molecule has 0 aliphatic heterocycles. The van der Waals surface area contributed by atoms with Gasteiger partial charge in [0.1, 0.15) is 0 Å². The van der Waals surface area contributed by atoms with Gasteiger partial charge in [-0.3, -0.25) is 9.59 Å². The lowest BCUT2D eigenvalue weighted by molar-refractivity contribution is -0.122. The van der Waals surface area contributed by atoms with E-state index in [-0.39, 0.29) is 17.9 Å². The second-order valence-electron chi connectivity index (χ2n) is 6.63. The van der Waals surface area contributed by atoms with E-state index < -0.39 is 5.91 Å². The highest BCUT2D eigenvalue weighted by Crippen LogP contribution is 2.42. The summed E-state index contributed by atoms with van der Waals surface area (Å²) >= 11 is 0. The summed E-state index contributed by atoms with van der Waals surface area (Å²) in [4.78, 5) is 23.5. The first kappa shape index (κ1) is 15.0. The Morgan fingerprint density at radius 3 is 2.18 bits per heavy atom. The van der Waals surface area contributed by atoms with Crippen molar-refractivity contribution in [1.82, 2.24) is 0 Å². The van der Waals surface area contributed by atoms with Crippen LogP contribution in [0.4, 0.5) is 5.69 Å². The van der Waals surface area contributed by atoms with Crippen LogP contribution in [-0.4, -0.2) is 17.9 Å². The van der Waals surface area contributed by atoms with Gasteiger partial charge in [0.25, 0.3) is 0 Å². The molecule has 1 aromatic carbocycles. The fraction of sp³-hybridized carbons (Fsp3) is 0.529. The SMILES string of the molecule is NC(=O)c1ccc(NC(=O)C2CC3CCCC(C2)C3N)cc1. The highest BCUT2D eigenvalue weighted by atomic mass is 16.2. The van der Waals surface area contributed by atoms with Crippen molar-refractivity contribution in [1.29, 1.82) is 0 Å². The number of benzene rings is 1. The number of anilines is 1. The molecule has 5 heteroatoms. The largest absolute Gasteiger partial charge is 0.366 e. The molecular formula is C17H23N3O2. The molecule has 2 saturated carbocycles. The summed E-state index contributed by atoms with van der Waals surface area (Å²) < 4.78 is 0. The molecule has 0 saturated heterocycles. The Labute approximate surface area is 130 Å². The van der Waals surface area contributed by atoms with Crippen molar-refractivity contribution in [2.24, 2.45) is 29.2 Å². The fourth-order valence-electron chi connectivity index (χ4n) is 3.97. The van der Waals surface area contributed by atoms with Crippen LogP contribution in [0.1, 0.15) is 42.5 Å². The maximum atomic E-state index is 12.5. The van der Waals surface area contributed by atoms with Crippen LogP contribution in [0.3, 0.4) is 0 Å². The summed E-state index contributed by atoms with van der Waals surface area (Å²) in [5.74, 6) is 0.620. The lowest BCUT2D eigenvalue weighted by atomic mass is 9.65. The van der Waals surface area contributed by atoms with Crippen LogP contribution >= 0.6 is 0 Å². The number of nitrogens with two attached hydrogens (primary N) is 2. The number of rotatable bonds is 3. The first-order valence-corrected chi connectivity index (χ1v) is 8.01. The number of hydrogen-bond donors (Lipinski definition) is 3. The molecule has 2 fully saturated rings. The first-order chi connectivity index (χ1) is 10.5. The van der Waals surface area contributed by atoms with Crippen molar-refractivity contribution in [2.75, 3.05) is 5.32 Å². The molecule has 0 heterocycles. The molecule has 0 radical (unpaired) electrons. The van der Waals surface area contributed by atoms with Crippen molar-refractivity contribution in [2.45, 2.75) is 38.1 Å². The number of primary amides is 1. The maximum Gasteiger partial charge on any atom is 0.248 e. The minimum Gasteiger partial charge on any atom is -0.366 e. The average Bonchev–Trinajstić information content (AvgIpc) is 2.47. The number of hydrogen-bond acceptors (Lipinski definition) is 3. The lowest BCUT2D eigenvalue weighted by Gasteiger charge is -2.43. The highest BCUT2D eigenvalue weighted by Gasteiger charge is 2.40. The molecule has 22 heavy (non-hydrogen) atoms. The van der Waals surface area contributed by atoms with Gasteiger partial charge in [0, 0.05) is 23.2 Å². The number of carbonyl (C=O) groups excluding carboxylic acids is 2. The zero-order valence-electron chi connectivity index (χ0n) is 12.6. The van der Waals surface area contributed by atoms with E-state index in [2.05, 4.69) is 5.32 Å². The normalized spacial score (nSPS) is 30.6. The minimum absolute atomic E-state index is 0.0471. The van der Waals surface area contributed by atoms with E-state index in [0.29, 0.717) is 23.1 Å². The van der Waals surface area contributed by atoms with Crippen LogP contribution in [-0.2, 0) is 4.79 Å². The van der Waals surface area contributed by atoms with Crippen LogP contribution in [0, 0.1) is 17.8 Å². The van der Waals surface area contributed by atoms with Crippen LogP contribution in [0.25, 0.3) is 0 Å². The number of amides is 2. The molecule has 2 aliphatic rings. The summed E-state index contributed by atoms with van der Waals surface area (Å²) in [6.07, 6.45) is 5.32. The van der Waals surface area contributed by atoms with Crippen molar-refractivity contribution in [3.05, 3.63) is 29.8 Å². The highest BCUT2D eigenvalue weighted by molar-refractivity contribution is 5.95. The molecule has 3 rings (SSSR count). The van der Waals surface area contributed by atoms with E-state index in [0.717, 1.165) is 25.7 Å². The van der Waals surface area contributed by atoms with E-state index in [1.807, 2.05) is 0 Å². The van der Waals surface area contributed by atoms with Crippen LogP contribution in [0.5, 0.6) is 0 Å². The Balaban J connectivity index is 1.63. The lowest BCUT2D eigenvalue weighted by Crippen LogP contribution is -2.48. The molecule has 5 nitrogen and oxygen atoms in total. The second-order valence-corrected chi connectivity index (χ2v) is 6.63. The maximum absolute atomic E-state index is 12.5. The Morgan fingerprint density at radius 1 is 1.05 bits per heavy atom. The van der Waals surface area contributed by atoms with Gasteiger partial charge in [-0.15, -0.1) is 0 Å². The second kappa shape index (κ2) is 6.08. The molecule has 0 spiro atoms.